The zero-order valence-electron chi connectivity index (χ0n) is 17.2. The first-order valence-electron chi connectivity index (χ1n) is 9.73. The van der Waals surface area contributed by atoms with E-state index in [0.29, 0.717) is 22.6 Å². The fourth-order valence-corrected chi connectivity index (χ4v) is 5.43. The van der Waals surface area contributed by atoms with Crippen molar-refractivity contribution in [2.45, 2.75) is 36.6 Å². The van der Waals surface area contributed by atoms with E-state index in [1.165, 1.54) is 22.7 Å². The molecule has 4 rings (SSSR count). The van der Waals surface area contributed by atoms with Crippen LogP contribution in [0.15, 0.2) is 47.2 Å². The highest BCUT2D eigenvalue weighted by Crippen LogP contribution is 2.40. The number of hydrogen-bond donors (Lipinski definition) is 1. The molecule has 7 heteroatoms. The number of fused-ring (bicyclic) bond motifs is 2. The van der Waals surface area contributed by atoms with Gasteiger partial charge < -0.3 is 31.3 Å². The Kier molecular flexibility index (Phi) is 4.44. The van der Waals surface area contributed by atoms with Gasteiger partial charge in [0.1, 0.15) is 18.2 Å². The lowest BCUT2D eigenvalue weighted by molar-refractivity contribution is -0.926. The van der Waals surface area contributed by atoms with Gasteiger partial charge in [-0.15, -0.1) is 22.7 Å². The Morgan fingerprint density at radius 2 is 1.77 bits per heavy atom. The van der Waals surface area contributed by atoms with Gasteiger partial charge in [-0.3, -0.25) is 0 Å². The summed E-state index contributed by atoms with van der Waals surface area (Å²) >= 11 is 2.60. The summed E-state index contributed by atoms with van der Waals surface area (Å²) in [6.07, 6.45) is 4.28. The average Bonchev–Trinajstić information content (AvgIpc) is 3.36. The molecule has 2 aromatic heterocycles. The van der Waals surface area contributed by atoms with Crippen LogP contribution in [-0.2, 0) is 15.1 Å². The van der Waals surface area contributed by atoms with Gasteiger partial charge in [-0.2, -0.15) is 0 Å². The maximum atomic E-state index is 13.1. The van der Waals surface area contributed by atoms with Crippen LogP contribution >= 0.6 is 22.7 Å². The number of quaternary nitrogens is 1. The number of ether oxygens (including phenoxy) is 1. The number of halogens is 1. The van der Waals surface area contributed by atoms with Crippen molar-refractivity contribution >= 4 is 28.6 Å². The van der Waals surface area contributed by atoms with Crippen molar-refractivity contribution in [2.24, 2.45) is 0 Å². The van der Waals surface area contributed by atoms with Crippen LogP contribution in [0, 0.1) is 0 Å². The second-order valence-corrected chi connectivity index (χ2v) is 8.73. The van der Waals surface area contributed by atoms with Crippen LogP contribution in [0.3, 0.4) is 0 Å². The third-order valence-electron chi connectivity index (χ3n) is 5.27. The first kappa shape index (κ1) is 16.0. The molecule has 1 fully saturated rings. The van der Waals surface area contributed by atoms with E-state index in [1.807, 2.05) is 22.9 Å². The second-order valence-electron chi connectivity index (χ2n) is 6.83. The van der Waals surface area contributed by atoms with E-state index in [2.05, 4.69) is 0 Å². The van der Waals surface area contributed by atoms with E-state index in [4.69, 9.17) is 8.85 Å². The molecule has 0 spiro atoms. The van der Waals surface area contributed by atoms with Gasteiger partial charge in [0.2, 0.25) is 5.60 Å². The summed E-state index contributed by atoms with van der Waals surface area (Å²) in [5, 5.41) is 15.0. The third kappa shape index (κ3) is 3.10. The Hall–Kier alpha value is -0.990. The summed E-state index contributed by atoms with van der Waals surface area (Å²) in [5.41, 5.74) is -1.84. The van der Waals surface area contributed by atoms with E-state index >= 15 is 0 Å². The number of carbonyl (C=O) groups excluding carboxylic acids is 1. The molecule has 2 bridgehead atoms. The molecule has 2 aliphatic rings. The summed E-state index contributed by atoms with van der Waals surface area (Å²) < 4.78 is 29.5. The maximum absolute atomic E-state index is 13.1. The zero-order valence-corrected chi connectivity index (χ0v) is 17.4. The lowest BCUT2D eigenvalue weighted by Crippen LogP contribution is -3.00. The van der Waals surface area contributed by atoms with Gasteiger partial charge in [0.05, 0.1) is 27.9 Å². The van der Waals surface area contributed by atoms with Gasteiger partial charge in [-0.1, -0.05) is 12.1 Å². The molecule has 1 N–H and O–H groups in total. The van der Waals surface area contributed by atoms with Crippen LogP contribution in [0.1, 0.15) is 26.7 Å². The molecule has 2 aliphatic heterocycles. The molecule has 26 heavy (non-hydrogen) atoms. The molecule has 4 atom stereocenters. The predicted octanol–water partition coefficient (Wildman–Crippen LogP) is 0.138. The van der Waals surface area contributed by atoms with Crippen molar-refractivity contribution in [2.75, 3.05) is 14.0 Å². The highest BCUT2D eigenvalue weighted by molar-refractivity contribution is 7.12. The van der Waals surface area contributed by atoms with Crippen LogP contribution in [0.5, 0.6) is 0 Å². The molecule has 0 aliphatic carbocycles. The van der Waals surface area contributed by atoms with Gasteiger partial charge in [0.25, 0.3) is 0 Å². The highest BCUT2D eigenvalue weighted by atomic mass is 79.9. The summed E-state index contributed by atoms with van der Waals surface area (Å²) in [4.78, 5) is 14.2. The third-order valence-corrected chi connectivity index (χ3v) is 7.22. The normalized spacial score (nSPS) is 32.2. The van der Waals surface area contributed by atoms with Crippen molar-refractivity contribution in [3.8, 4) is 0 Å². The molecule has 0 radical (unpaired) electrons. The summed E-state index contributed by atoms with van der Waals surface area (Å²) in [6.45, 7) is -2.14. The van der Waals surface area contributed by atoms with E-state index < -0.39 is 24.7 Å². The molecule has 2 aromatic rings. The van der Waals surface area contributed by atoms with Crippen molar-refractivity contribution < 1.29 is 40.2 Å². The predicted molar refractivity (Wildman–Crippen MR) is 99.6 cm³/mol. The zero-order chi connectivity index (χ0) is 20.2. The largest absolute Gasteiger partial charge is 1.00 e. The van der Waals surface area contributed by atoms with Crippen molar-refractivity contribution in [3.63, 3.8) is 0 Å². The van der Waals surface area contributed by atoms with Crippen molar-refractivity contribution in [3.05, 3.63) is 56.9 Å². The van der Waals surface area contributed by atoms with Gasteiger partial charge in [0, 0.05) is 12.8 Å². The van der Waals surface area contributed by atoms with Gasteiger partial charge >= 0.3 is 5.97 Å². The maximum Gasteiger partial charge on any atom is 0.349 e. The van der Waals surface area contributed by atoms with Crippen LogP contribution in [0.4, 0.5) is 0 Å². The first-order chi connectivity index (χ1) is 13.2. The Labute approximate surface area is 176 Å². The monoisotopic (exact) mass is 458 g/mol. The number of nitrogens with zero attached hydrogens (tertiary/aromatic N) is 1. The van der Waals surface area contributed by atoms with Gasteiger partial charge in [0.15, 0.2) is 0 Å². The minimum atomic E-state index is -2.14. The number of thiophene rings is 2. The fourth-order valence-electron chi connectivity index (χ4n) is 3.71. The molecule has 1 saturated heterocycles. The van der Waals surface area contributed by atoms with Crippen LogP contribution in [0.25, 0.3) is 0 Å². The van der Waals surface area contributed by atoms with Crippen LogP contribution < -0.4 is 17.0 Å². The highest BCUT2D eigenvalue weighted by Gasteiger charge is 2.49. The van der Waals surface area contributed by atoms with E-state index in [-0.39, 0.29) is 33.5 Å². The molecular weight excluding hydrogens is 434 g/mol. The number of rotatable bonds is 4. The lowest BCUT2D eigenvalue weighted by Gasteiger charge is -2.44. The lowest BCUT2D eigenvalue weighted by atomic mass is 9.95. The number of hydrogen-bond acceptors (Lipinski definition) is 5. The van der Waals surface area contributed by atoms with E-state index in [0.717, 1.165) is 0 Å². The molecule has 0 aromatic carbocycles. The molecule has 2 unspecified atom stereocenters. The molecule has 0 saturated carbocycles. The second kappa shape index (κ2) is 7.20. The average molecular weight is 459 g/mol. The molecule has 4 nitrogen and oxygen atoms in total. The molecular formula is C19H22BrNO3S2. The fraction of sp³-hybridized carbons (Fsp3) is 0.421. The first-order valence-corrected chi connectivity index (χ1v) is 9.99. The standard InChI is InChI=1S/C19H22NO3S2.BrH/c1-20(2)13-7-8-14(20)12-15(11-13)23-18(21)19(22,16-5-3-9-24-16)17-6-4-10-25-17;/h3-10,13-15,22H,11-12H2,1-2H3;1H/q+1;/p-1/t13-,14+,15?;/i1D3;/t13-,14+,15?,20?;. The van der Waals surface area contributed by atoms with Gasteiger partial charge in [-0.05, 0) is 35.0 Å². The Balaban J connectivity index is 0.00000240. The number of esters is 1. The Bertz CT molecular complexity index is 833. The smallest absolute Gasteiger partial charge is 0.349 e. The number of likely N-dealkylation sites (N-methyl/N-ethyl adjacent to an activating group) is 1. The summed E-state index contributed by atoms with van der Waals surface area (Å²) in [5.74, 6) is -0.702. The van der Waals surface area contributed by atoms with Crippen molar-refractivity contribution in [1.29, 1.82) is 0 Å². The Morgan fingerprint density at radius 1 is 1.23 bits per heavy atom. The van der Waals surface area contributed by atoms with Crippen LogP contribution in [-0.4, -0.2) is 47.8 Å². The molecule has 0 amide bonds. The quantitative estimate of drug-likeness (QED) is 0.402. The molecule has 140 valence electrons. The summed E-state index contributed by atoms with van der Waals surface area (Å²) in [7, 11) is 1.74. The number of carbonyl (C=O) groups is 1. The topological polar surface area (TPSA) is 46.5 Å². The van der Waals surface area contributed by atoms with E-state index in [9.17, 15) is 9.90 Å². The SMILES string of the molecule is [2H]C([2H])([2H])[N+]1(C)[C@@H]2C=C[C@H]1CC(OC(=O)C(O)(c1cccs1)c1cccs1)C2.[Br-]. The summed E-state index contributed by atoms with van der Waals surface area (Å²) in [6, 6.07) is 6.55. The Morgan fingerprint density at radius 3 is 2.19 bits per heavy atom. The minimum Gasteiger partial charge on any atom is -1.00 e. The van der Waals surface area contributed by atoms with E-state index in [1.54, 1.807) is 31.3 Å². The number of piperidine rings is 1. The van der Waals surface area contributed by atoms with Crippen molar-refractivity contribution in [1.82, 2.24) is 0 Å². The van der Waals surface area contributed by atoms with Gasteiger partial charge in [-0.25, -0.2) is 4.79 Å². The molecule has 4 heterocycles. The minimum absolute atomic E-state index is 0. The van der Waals surface area contributed by atoms with Crippen LogP contribution in [0.2, 0.25) is 0 Å². The number of aliphatic hydroxyl groups is 1.